The lowest BCUT2D eigenvalue weighted by molar-refractivity contribution is -0.121. The summed E-state index contributed by atoms with van der Waals surface area (Å²) in [4.78, 5) is 12.7. The van der Waals surface area contributed by atoms with Crippen LogP contribution in [0, 0.1) is 0 Å². The quantitative estimate of drug-likeness (QED) is 0.372. The van der Waals surface area contributed by atoms with Gasteiger partial charge < -0.3 is 14.2 Å². The number of hydrazone groups is 1. The van der Waals surface area contributed by atoms with E-state index in [-0.39, 0.29) is 18.2 Å². The molecule has 0 radical (unpaired) electrons. The fourth-order valence-corrected chi connectivity index (χ4v) is 4.66. The smallest absolute Gasteiger partial charge is 0.255 e. The van der Waals surface area contributed by atoms with Crippen molar-refractivity contribution in [2.24, 2.45) is 5.10 Å². The van der Waals surface area contributed by atoms with E-state index < -0.39 is 22.5 Å². The maximum Gasteiger partial charge on any atom is 0.255 e. The van der Waals surface area contributed by atoms with Crippen LogP contribution in [0.15, 0.2) is 82.8 Å². The number of carbonyl (C=O) groups excluding carboxylic acids is 1. The molecule has 0 spiro atoms. The average Bonchev–Trinajstić information content (AvgIpc) is 3.32. The van der Waals surface area contributed by atoms with Crippen molar-refractivity contribution < 1.29 is 27.4 Å². The van der Waals surface area contributed by atoms with Gasteiger partial charge in [0, 0.05) is 6.54 Å². The fourth-order valence-electron chi connectivity index (χ4n) is 3.28. The second-order valence-corrected chi connectivity index (χ2v) is 9.28. The van der Waals surface area contributed by atoms with Gasteiger partial charge in [-0.1, -0.05) is 30.3 Å². The molecule has 4 rings (SSSR count). The van der Waals surface area contributed by atoms with Crippen molar-refractivity contribution in [2.75, 3.05) is 20.4 Å². The highest BCUT2D eigenvalue weighted by Gasteiger charge is 2.27. The van der Waals surface area contributed by atoms with Crippen LogP contribution in [0.25, 0.3) is 0 Å². The first-order chi connectivity index (χ1) is 16.5. The Morgan fingerprint density at radius 1 is 1.06 bits per heavy atom. The van der Waals surface area contributed by atoms with Gasteiger partial charge in [-0.3, -0.25) is 4.79 Å². The van der Waals surface area contributed by atoms with E-state index in [1.54, 1.807) is 42.5 Å². The first-order valence-electron chi connectivity index (χ1n) is 10.4. The molecule has 176 valence electrons. The van der Waals surface area contributed by atoms with Gasteiger partial charge in [-0.15, -0.1) is 0 Å². The molecule has 1 N–H and O–H groups in total. The van der Waals surface area contributed by atoms with Crippen molar-refractivity contribution >= 4 is 22.1 Å². The van der Waals surface area contributed by atoms with Crippen molar-refractivity contribution in [1.29, 1.82) is 0 Å². The minimum atomic E-state index is -3.97. The van der Waals surface area contributed by atoms with Gasteiger partial charge in [-0.25, -0.2) is 13.8 Å². The Kier molecular flexibility index (Phi) is 7.09. The van der Waals surface area contributed by atoms with Crippen molar-refractivity contribution in [1.82, 2.24) is 9.73 Å². The second kappa shape index (κ2) is 10.4. The number of hydrogen-bond acceptors (Lipinski definition) is 7. The first kappa shape index (κ1) is 23.3. The van der Waals surface area contributed by atoms with Gasteiger partial charge in [0.1, 0.15) is 5.75 Å². The summed E-state index contributed by atoms with van der Waals surface area (Å²) in [7, 11) is -2.47. The van der Waals surface area contributed by atoms with E-state index >= 15 is 0 Å². The van der Waals surface area contributed by atoms with Gasteiger partial charge in [0.2, 0.25) is 16.8 Å². The molecule has 0 fully saturated rings. The van der Waals surface area contributed by atoms with Crippen LogP contribution in [0.3, 0.4) is 0 Å². The molecule has 0 saturated heterocycles. The summed E-state index contributed by atoms with van der Waals surface area (Å²) < 4.78 is 43.4. The zero-order valence-corrected chi connectivity index (χ0v) is 19.2. The SMILES string of the molecule is COc1ccc(S(=O)(=O)N(CC(=O)N/N=C\c2ccc3c(c2)OCO3)Cc2ccccc2)cc1. The molecule has 0 aromatic heterocycles. The van der Waals surface area contributed by atoms with Crippen molar-refractivity contribution in [3.05, 3.63) is 83.9 Å². The van der Waals surface area contributed by atoms with Crippen LogP contribution in [0.4, 0.5) is 0 Å². The Bertz CT molecular complexity index is 1280. The summed E-state index contributed by atoms with van der Waals surface area (Å²) in [5, 5.41) is 3.95. The van der Waals surface area contributed by atoms with E-state index in [9.17, 15) is 13.2 Å². The third-order valence-electron chi connectivity index (χ3n) is 5.02. The minimum absolute atomic E-state index is 0.0223. The number of benzene rings is 3. The van der Waals surface area contributed by atoms with E-state index in [1.165, 1.54) is 25.5 Å². The minimum Gasteiger partial charge on any atom is -0.497 e. The summed E-state index contributed by atoms with van der Waals surface area (Å²) in [6.45, 7) is -0.233. The Morgan fingerprint density at radius 3 is 2.53 bits per heavy atom. The average molecular weight is 482 g/mol. The predicted octanol–water partition coefficient (Wildman–Crippen LogP) is 2.77. The fraction of sp³-hybridized carbons (Fsp3) is 0.167. The highest BCUT2D eigenvalue weighted by Crippen LogP contribution is 2.32. The molecule has 0 aliphatic carbocycles. The standard InChI is InChI=1S/C24H23N3O6S/c1-31-20-8-10-21(11-9-20)34(29,30)27(15-18-5-3-2-4-6-18)16-24(28)26-25-14-19-7-12-22-23(13-19)33-17-32-22/h2-14H,15-17H2,1H3,(H,26,28)/b25-14-. The number of sulfonamides is 1. The molecule has 9 nitrogen and oxygen atoms in total. The van der Waals surface area contributed by atoms with Gasteiger partial charge in [0.25, 0.3) is 5.91 Å². The van der Waals surface area contributed by atoms with Crippen LogP contribution in [0.5, 0.6) is 17.2 Å². The zero-order valence-electron chi connectivity index (χ0n) is 18.4. The lowest BCUT2D eigenvalue weighted by Crippen LogP contribution is -2.39. The van der Waals surface area contributed by atoms with Gasteiger partial charge in [-0.05, 0) is 53.6 Å². The molecular weight excluding hydrogens is 458 g/mol. The molecular formula is C24H23N3O6S. The topological polar surface area (TPSA) is 107 Å². The molecule has 0 bridgehead atoms. The number of nitrogens with zero attached hydrogens (tertiary/aromatic N) is 2. The molecule has 10 heteroatoms. The van der Waals surface area contributed by atoms with Crippen molar-refractivity contribution in [3.8, 4) is 17.2 Å². The number of ether oxygens (including phenoxy) is 3. The third-order valence-corrected chi connectivity index (χ3v) is 6.82. The van der Waals surface area contributed by atoms with E-state index in [1.807, 2.05) is 18.2 Å². The molecule has 1 aliphatic rings. The van der Waals surface area contributed by atoms with E-state index in [0.29, 0.717) is 22.8 Å². The van der Waals surface area contributed by atoms with Crippen LogP contribution in [-0.4, -0.2) is 45.3 Å². The number of methoxy groups -OCH3 is 1. The molecule has 3 aromatic rings. The first-order valence-corrected chi connectivity index (χ1v) is 11.8. The number of rotatable bonds is 9. The number of fused-ring (bicyclic) bond motifs is 1. The molecule has 0 unspecified atom stereocenters. The van der Waals surface area contributed by atoms with Crippen LogP contribution in [0.1, 0.15) is 11.1 Å². The third kappa shape index (κ3) is 5.53. The van der Waals surface area contributed by atoms with Crippen LogP contribution in [0.2, 0.25) is 0 Å². The van der Waals surface area contributed by atoms with Gasteiger partial charge >= 0.3 is 0 Å². The van der Waals surface area contributed by atoms with Gasteiger partial charge in [0.15, 0.2) is 11.5 Å². The normalized spacial score (nSPS) is 12.8. The maximum absolute atomic E-state index is 13.3. The zero-order chi connectivity index (χ0) is 24.0. The van der Waals surface area contributed by atoms with Crippen molar-refractivity contribution in [2.45, 2.75) is 11.4 Å². The van der Waals surface area contributed by atoms with E-state index in [2.05, 4.69) is 10.5 Å². The Hall–Kier alpha value is -3.89. The largest absolute Gasteiger partial charge is 0.497 e. The lowest BCUT2D eigenvalue weighted by atomic mass is 10.2. The summed E-state index contributed by atoms with van der Waals surface area (Å²) in [6.07, 6.45) is 1.44. The lowest BCUT2D eigenvalue weighted by Gasteiger charge is -2.21. The van der Waals surface area contributed by atoms with Crippen LogP contribution >= 0.6 is 0 Å². The van der Waals surface area contributed by atoms with Gasteiger partial charge in [0.05, 0.1) is 24.8 Å². The number of hydrogen-bond donors (Lipinski definition) is 1. The number of amides is 1. The van der Waals surface area contributed by atoms with Gasteiger partial charge in [-0.2, -0.15) is 9.41 Å². The molecule has 34 heavy (non-hydrogen) atoms. The van der Waals surface area contributed by atoms with Crippen LogP contribution in [-0.2, 0) is 21.4 Å². The molecule has 1 heterocycles. The van der Waals surface area contributed by atoms with E-state index in [4.69, 9.17) is 14.2 Å². The summed E-state index contributed by atoms with van der Waals surface area (Å²) >= 11 is 0. The van der Waals surface area contributed by atoms with Crippen LogP contribution < -0.4 is 19.6 Å². The highest BCUT2D eigenvalue weighted by molar-refractivity contribution is 7.89. The predicted molar refractivity (Wildman–Crippen MR) is 125 cm³/mol. The second-order valence-electron chi connectivity index (χ2n) is 7.34. The molecule has 0 atom stereocenters. The van der Waals surface area contributed by atoms with Crippen molar-refractivity contribution in [3.63, 3.8) is 0 Å². The molecule has 0 saturated carbocycles. The monoisotopic (exact) mass is 481 g/mol. The Balaban J connectivity index is 1.48. The maximum atomic E-state index is 13.3. The summed E-state index contributed by atoms with van der Waals surface area (Å²) in [6, 6.07) is 20.3. The number of carbonyl (C=O) groups is 1. The summed E-state index contributed by atoms with van der Waals surface area (Å²) in [5.74, 6) is 1.19. The Morgan fingerprint density at radius 2 is 1.79 bits per heavy atom. The highest BCUT2D eigenvalue weighted by atomic mass is 32.2. The van der Waals surface area contributed by atoms with E-state index in [0.717, 1.165) is 9.87 Å². The summed E-state index contributed by atoms with van der Waals surface area (Å²) in [5.41, 5.74) is 3.83. The molecule has 1 aliphatic heterocycles. The molecule has 3 aromatic carbocycles. The Labute approximate surface area is 197 Å². The number of nitrogens with one attached hydrogen (secondary N) is 1. The molecule has 1 amide bonds.